The lowest BCUT2D eigenvalue weighted by Gasteiger charge is -2.31. The average molecular weight is 517 g/mol. The Morgan fingerprint density at radius 3 is 2.51 bits per heavy atom. The van der Waals surface area contributed by atoms with Crippen molar-refractivity contribution in [3.8, 4) is 22.7 Å². The number of hydrogen-bond donors (Lipinski definition) is 0. The van der Waals surface area contributed by atoms with E-state index in [0.29, 0.717) is 55.3 Å². The van der Waals surface area contributed by atoms with Crippen LogP contribution in [0.15, 0.2) is 78.0 Å². The molecule has 0 amide bonds. The first-order valence-corrected chi connectivity index (χ1v) is 13.8. The van der Waals surface area contributed by atoms with Gasteiger partial charge >= 0.3 is 0 Å². The largest absolute Gasteiger partial charge is 0.493 e. The molecule has 5 aromatic rings. The van der Waals surface area contributed by atoms with Crippen LogP contribution in [0.3, 0.4) is 0 Å². The second kappa shape index (κ2) is 9.29. The Hall–Kier alpha value is -3.73. The Kier molecular flexibility index (Phi) is 5.94. The van der Waals surface area contributed by atoms with Gasteiger partial charge in [0.25, 0.3) is 0 Å². The summed E-state index contributed by atoms with van der Waals surface area (Å²) in [6.45, 7) is 4.70. The Morgan fingerprint density at radius 2 is 1.76 bits per heavy atom. The summed E-state index contributed by atoms with van der Waals surface area (Å²) in [5.41, 5.74) is 4.56. The molecule has 0 atom stereocenters. The second-order valence-corrected chi connectivity index (χ2v) is 11.1. The van der Waals surface area contributed by atoms with E-state index in [1.54, 1.807) is 28.7 Å². The zero-order chi connectivity index (χ0) is 25.6. The minimum Gasteiger partial charge on any atom is -0.493 e. The van der Waals surface area contributed by atoms with E-state index >= 15 is 0 Å². The first kappa shape index (κ1) is 23.7. The van der Waals surface area contributed by atoms with Gasteiger partial charge in [0, 0.05) is 37.9 Å². The van der Waals surface area contributed by atoms with Gasteiger partial charge in [-0.1, -0.05) is 18.2 Å². The predicted molar refractivity (Wildman–Crippen MR) is 143 cm³/mol. The summed E-state index contributed by atoms with van der Waals surface area (Å²) >= 11 is 0. The van der Waals surface area contributed by atoms with Gasteiger partial charge in [0.2, 0.25) is 10.0 Å². The number of aromatic nitrogens is 4. The van der Waals surface area contributed by atoms with Gasteiger partial charge in [-0.3, -0.25) is 4.40 Å². The van der Waals surface area contributed by atoms with E-state index in [0.717, 1.165) is 16.9 Å². The van der Waals surface area contributed by atoms with Crippen LogP contribution < -0.4 is 4.74 Å². The molecule has 37 heavy (non-hydrogen) atoms. The van der Waals surface area contributed by atoms with Gasteiger partial charge in [-0.2, -0.15) is 9.40 Å². The third-order valence-electron chi connectivity index (χ3n) is 6.78. The number of fused-ring (bicyclic) bond motifs is 3. The minimum absolute atomic E-state index is 0.238. The van der Waals surface area contributed by atoms with E-state index in [2.05, 4.69) is 10.00 Å². The molecule has 2 aromatic carbocycles. The number of nitrogens with zero attached hydrogens (tertiary/aromatic N) is 6. The lowest BCUT2D eigenvalue weighted by Crippen LogP contribution is -2.47. The van der Waals surface area contributed by atoms with Crippen LogP contribution in [-0.4, -0.2) is 76.6 Å². The highest BCUT2D eigenvalue weighted by Crippen LogP contribution is 2.36. The van der Waals surface area contributed by atoms with Crippen molar-refractivity contribution in [2.24, 2.45) is 0 Å². The zero-order valence-corrected chi connectivity index (χ0v) is 21.6. The van der Waals surface area contributed by atoms with Gasteiger partial charge < -0.3 is 9.64 Å². The lowest BCUT2D eigenvalue weighted by molar-refractivity contribution is 0.222. The van der Waals surface area contributed by atoms with E-state index in [-0.39, 0.29) is 4.90 Å². The molecular weight excluding hydrogens is 488 g/mol. The number of rotatable bonds is 6. The molecule has 0 N–H and O–H groups in total. The third kappa shape index (κ3) is 4.07. The standard InChI is InChI=1S/C27H28N6O3S/c1-3-36-25-12-11-21(37(34,35)31-16-14-30(2)15-17-31)18-22(25)26-24-10-7-13-32(24)27-23(29-26)19-28-33(27)20-8-5-4-6-9-20/h4-13,18-19H,3,14-17H2,1-2H3. The van der Waals surface area contributed by atoms with Gasteiger partial charge in [-0.15, -0.1) is 0 Å². The molecule has 0 unspecified atom stereocenters. The molecule has 190 valence electrons. The molecule has 1 saturated heterocycles. The number of hydrogen-bond acceptors (Lipinski definition) is 6. The Labute approximate surface area is 215 Å². The molecule has 0 saturated carbocycles. The van der Waals surface area contributed by atoms with Gasteiger partial charge in [0.15, 0.2) is 5.65 Å². The summed E-state index contributed by atoms with van der Waals surface area (Å²) in [6.07, 6.45) is 3.70. The first-order chi connectivity index (χ1) is 18.0. The highest BCUT2D eigenvalue weighted by atomic mass is 32.2. The maximum Gasteiger partial charge on any atom is 0.243 e. The summed E-state index contributed by atoms with van der Waals surface area (Å²) in [5, 5.41) is 4.61. The van der Waals surface area contributed by atoms with Crippen LogP contribution in [0.2, 0.25) is 0 Å². The maximum atomic E-state index is 13.6. The fraction of sp³-hybridized carbons (Fsp3) is 0.259. The molecule has 1 aliphatic rings. The summed E-state index contributed by atoms with van der Waals surface area (Å²) in [6, 6.07) is 18.9. The van der Waals surface area contributed by atoms with Crippen LogP contribution in [0.4, 0.5) is 0 Å². The van der Waals surface area contributed by atoms with E-state index in [9.17, 15) is 8.42 Å². The summed E-state index contributed by atoms with van der Waals surface area (Å²) in [4.78, 5) is 7.35. The SMILES string of the molecule is CCOc1ccc(S(=O)(=O)N2CCN(C)CC2)cc1-c1nc2cnn(-c3ccccc3)c2n2cccc12. The quantitative estimate of drug-likeness (QED) is 0.342. The van der Waals surface area contributed by atoms with Gasteiger partial charge in [-0.05, 0) is 56.4 Å². The molecule has 0 spiro atoms. The molecule has 9 nitrogen and oxygen atoms in total. The molecule has 4 heterocycles. The number of sulfonamides is 1. The Bertz CT molecular complexity index is 1690. The molecule has 1 fully saturated rings. The van der Waals surface area contributed by atoms with E-state index in [1.165, 1.54) is 0 Å². The van der Waals surface area contributed by atoms with Crippen LogP contribution in [0.1, 0.15) is 6.92 Å². The van der Waals surface area contributed by atoms with Crippen molar-refractivity contribution in [1.82, 2.24) is 28.4 Å². The fourth-order valence-corrected chi connectivity index (χ4v) is 6.29. The third-order valence-corrected chi connectivity index (χ3v) is 8.68. The number of piperazine rings is 1. The number of benzene rings is 2. The van der Waals surface area contributed by atoms with Gasteiger partial charge in [-0.25, -0.2) is 18.1 Å². The molecule has 6 rings (SSSR count). The van der Waals surface area contributed by atoms with Gasteiger partial charge in [0.05, 0.1) is 34.6 Å². The molecule has 1 aliphatic heterocycles. The summed E-state index contributed by atoms with van der Waals surface area (Å²) < 4.78 is 38.5. The smallest absolute Gasteiger partial charge is 0.243 e. The molecule has 0 radical (unpaired) electrons. The molecule has 0 bridgehead atoms. The van der Waals surface area contributed by atoms with Crippen molar-refractivity contribution in [2.45, 2.75) is 11.8 Å². The van der Waals surface area contributed by atoms with Crippen LogP contribution in [0.5, 0.6) is 5.75 Å². The number of ether oxygens (including phenoxy) is 1. The molecule has 3 aromatic heterocycles. The Balaban J connectivity index is 1.53. The highest BCUT2D eigenvalue weighted by Gasteiger charge is 2.29. The summed E-state index contributed by atoms with van der Waals surface area (Å²) in [5.74, 6) is 0.588. The van der Waals surface area contributed by atoms with Crippen LogP contribution >= 0.6 is 0 Å². The first-order valence-electron chi connectivity index (χ1n) is 12.3. The minimum atomic E-state index is -3.66. The number of para-hydroxylation sites is 1. The van der Waals surface area contributed by atoms with E-state index in [4.69, 9.17) is 9.72 Å². The van der Waals surface area contributed by atoms with Crippen molar-refractivity contribution in [3.05, 3.63) is 73.1 Å². The topological polar surface area (TPSA) is 85.0 Å². The van der Waals surface area contributed by atoms with Crippen LogP contribution in [0.25, 0.3) is 33.6 Å². The van der Waals surface area contributed by atoms with Crippen molar-refractivity contribution in [1.29, 1.82) is 0 Å². The van der Waals surface area contributed by atoms with E-state index < -0.39 is 10.0 Å². The maximum absolute atomic E-state index is 13.6. The second-order valence-electron chi connectivity index (χ2n) is 9.12. The molecule has 10 heteroatoms. The van der Waals surface area contributed by atoms with E-state index in [1.807, 2.05) is 71.7 Å². The van der Waals surface area contributed by atoms with Crippen LogP contribution in [0, 0.1) is 0 Å². The highest BCUT2D eigenvalue weighted by molar-refractivity contribution is 7.89. The predicted octanol–water partition coefficient (Wildman–Crippen LogP) is 3.68. The van der Waals surface area contributed by atoms with Gasteiger partial charge in [0.1, 0.15) is 11.3 Å². The van der Waals surface area contributed by atoms with Crippen molar-refractivity contribution < 1.29 is 13.2 Å². The Morgan fingerprint density at radius 1 is 0.973 bits per heavy atom. The number of likely N-dealkylation sites (N-methyl/N-ethyl adjacent to an activating group) is 1. The summed E-state index contributed by atoms with van der Waals surface area (Å²) in [7, 11) is -1.66. The lowest BCUT2D eigenvalue weighted by atomic mass is 10.1. The monoisotopic (exact) mass is 516 g/mol. The van der Waals surface area contributed by atoms with Crippen LogP contribution in [-0.2, 0) is 10.0 Å². The van der Waals surface area contributed by atoms with Crippen molar-refractivity contribution in [2.75, 3.05) is 39.8 Å². The normalized spacial score (nSPS) is 15.5. The van der Waals surface area contributed by atoms with Crippen molar-refractivity contribution >= 4 is 26.7 Å². The van der Waals surface area contributed by atoms with Crippen molar-refractivity contribution in [3.63, 3.8) is 0 Å². The average Bonchev–Trinajstić information content (AvgIpc) is 3.57. The molecular formula is C27H28N6O3S. The molecule has 0 aliphatic carbocycles. The fourth-order valence-electron chi connectivity index (χ4n) is 4.84. The zero-order valence-electron chi connectivity index (χ0n) is 20.8.